The number of hydrogen-bond donors (Lipinski definition) is 0. The summed E-state index contributed by atoms with van der Waals surface area (Å²) in [5.74, 6) is 2.45. The van der Waals surface area contributed by atoms with Gasteiger partial charge in [-0.1, -0.05) is 152 Å². The molecule has 0 saturated heterocycles. The van der Waals surface area contributed by atoms with Crippen LogP contribution in [0.4, 0.5) is 0 Å². The highest BCUT2D eigenvalue weighted by Gasteiger charge is 2.51. The van der Waals surface area contributed by atoms with E-state index in [1.54, 1.807) is 0 Å². The smallest absolute Gasteiger partial charge is 0.160 e. The fourth-order valence-electron chi connectivity index (χ4n) is 8.68. The Kier molecular flexibility index (Phi) is 7.36. The van der Waals surface area contributed by atoms with Crippen molar-refractivity contribution in [2.75, 3.05) is 0 Å². The molecule has 0 fully saturated rings. The van der Waals surface area contributed by atoms with E-state index in [4.69, 9.17) is 14.7 Å². The summed E-state index contributed by atoms with van der Waals surface area (Å²) in [6.45, 7) is 0. The van der Waals surface area contributed by atoms with Crippen molar-refractivity contribution >= 4 is 0 Å². The van der Waals surface area contributed by atoms with Crippen molar-refractivity contribution in [2.24, 2.45) is 0 Å². The van der Waals surface area contributed by atoms with Gasteiger partial charge in [-0.2, -0.15) is 0 Å². The standard InChI is InChI=1S/C52H33N3O/c1-3-13-35(14-4-1)47-33-48(55-51(54-47)37-15-5-2-6-16-37)39-27-29-43-41(32-39)40-31-38(34-22-24-36(25-23-34)46-19-11-12-30-53-46)26-28-42(40)52(43)44-17-7-9-20-49(44)56-50-21-10-8-18-45(50)52/h1-33H. The summed E-state index contributed by atoms with van der Waals surface area (Å²) in [7, 11) is 0. The zero-order chi connectivity index (χ0) is 37.1. The van der Waals surface area contributed by atoms with Crippen LogP contribution in [0.3, 0.4) is 0 Å². The zero-order valence-corrected chi connectivity index (χ0v) is 30.3. The average molecular weight is 716 g/mol. The van der Waals surface area contributed by atoms with E-state index in [-0.39, 0.29) is 0 Å². The van der Waals surface area contributed by atoms with Gasteiger partial charge >= 0.3 is 0 Å². The first-order valence-electron chi connectivity index (χ1n) is 18.9. The summed E-state index contributed by atoms with van der Waals surface area (Å²) in [5.41, 5.74) is 15.7. The zero-order valence-electron chi connectivity index (χ0n) is 30.3. The molecular weight excluding hydrogens is 683 g/mol. The van der Waals surface area contributed by atoms with E-state index < -0.39 is 5.41 Å². The number of benzene rings is 7. The molecule has 9 aromatic rings. The van der Waals surface area contributed by atoms with Crippen LogP contribution in [0.1, 0.15) is 22.3 Å². The molecule has 2 aliphatic rings. The van der Waals surface area contributed by atoms with Gasteiger partial charge in [0.05, 0.1) is 22.5 Å². The van der Waals surface area contributed by atoms with E-state index in [1.165, 1.54) is 22.3 Å². The summed E-state index contributed by atoms with van der Waals surface area (Å²) in [6, 6.07) is 68.3. The topological polar surface area (TPSA) is 47.9 Å². The summed E-state index contributed by atoms with van der Waals surface area (Å²) >= 11 is 0. The number of nitrogens with zero attached hydrogens (tertiary/aromatic N) is 3. The van der Waals surface area contributed by atoms with Crippen molar-refractivity contribution in [3.63, 3.8) is 0 Å². The van der Waals surface area contributed by atoms with Crippen LogP contribution in [0.15, 0.2) is 200 Å². The number of hydrogen-bond acceptors (Lipinski definition) is 4. The minimum absolute atomic E-state index is 0.577. The fourth-order valence-corrected chi connectivity index (χ4v) is 8.68. The van der Waals surface area contributed by atoms with E-state index in [1.807, 2.05) is 48.7 Å². The van der Waals surface area contributed by atoms with Crippen LogP contribution in [-0.4, -0.2) is 15.0 Å². The molecule has 0 unspecified atom stereocenters. The molecule has 4 heteroatoms. The normalized spacial score (nSPS) is 12.9. The molecule has 11 rings (SSSR count). The lowest BCUT2D eigenvalue weighted by atomic mass is 9.66. The van der Waals surface area contributed by atoms with Gasteiger partial charge in [0.25, 0.3) is 0 Å². The lowest BCUT2D eigenvalue weighted by Crippen LogP contribution is -2.32. The maximum absolute atomic E-state index is 6.62. The number of para-hydroxylation sites is 2. The molecule has 0 atom stereocenters. The minimum atomic E-state index is -0.577. The fraction of sp³-hybridized carbons (Fsp3) is 0.0192. The second kappa shape index (κ2) is 12.9. The van der Waals surface area contributed by atoms with E-state index in [0.717, 1.165) is 73.1 Å². The van der Waals surface area contributed by atoms with Gasteiger partial charge < -0.3 is 4.74 Å². The number of pyridine rings is 1. The van der Waals surface area contributed by atoms with Crippen molar-refractivity contribution in [1.29, 1.82) is 0 Å². The lowest BCUT2D eigenvalue weighted by molar-refractivity contribution is 0.436. The molecular formula is C52H33N3O. The molecule has 0 radical (unpaired) electrons. The van der Waals surface area contributed by atoms with E-state index in [9.17, 15) is 0 Å². The van der Waals surface area contributed by atoms with Gasteiger partial charge in [0.1, 0.15) is 11.5 Å². The predicted molar refractivity (Wildman–Crippen MR) is 224 cm³/mol. The van der Waals surface area contributed by atoms with Crippen LogP contribution in [0.25, 0.3) is 67.4 Å². The summed E-state index contributed by atoms with van der Waals surface area (Å²) in [5, 5.41) is 0. The van der Waals surface area contributed by atoms with Crippen LogP contribution in [0.5, 0.6) is 11.5 Å². The van der Waals surface area contributed by atoms with Crippen molar-refractivity contribution < 1.29 is 4.74 Å². The van der Waals surface area contributed by atoms with Crippen LogP contribution in [0.2, 0.25) is 0 Å². The highest BCUT2D eigenvalue weighted by atomic mass is 16.5. The third-order valence-electron chi connectivity index (χ3n) is 11.2. The SMILES string of the molecule is c1ccc(-c2cc(-c3ccc4c(c3)-c3cc(-c5ccc(-c6ccccn6)cc5)ccc3C43c4ccccc4Oc4ccccc43)nc(-c3ccccc3)n2)cc1. The Morgan fingerprint density at radius 1 is 0.339 bits per heavy atom. The Hall–Kier alpha value is -7.43. The third kappa shape index (κ3) is 5.04. The Bertz CT molecular complexity index is 2820. The minimum Gasteiger partial charge on any atom is -0.457 e. The molecule has 0 saturated carbocycles. The van der Waals surface area contributed by atoms with Crippen molar-refractivity contribution in [3.8, 4) is 78.9 Å². The molecule has 2 aromatic heterocycles. The first kappa shape index (κ1) is 32.0. The van der Waals surface area contributed by atoms with Gasteiger partial charge in [-0.15, -0.1) is 0 Å². The van der Waals surface area contributed by atoms with E-state index in [0.29, 0.717) is 5.82 Å². The number of rotatable bonds is 5. The maximum Gasteiger partial charge on any atom is 0.160 e. The van der Waals surface area contributed by atoms with Gasteiger partial charge in [0.2, 0.25) is 0 Å². The quantitative estimate of drug-likeness (QED) is 0.178. The van der Waals surface area contributed by atoms with Gasteiger partial charge in [0.15, 0.2) is 5.82 Å². The van der Waals surface area contributed by atoms with Gasteiger partial charge in [-0.25, -0.2) is 9.97 Å². The van der Waals surface area contributed by atoms with Crippen LogP contribution in [-0.2, 0) is 5.41 Å². The Morgan fingerprint density at radius 2 is 0.839 bits per heavy atom. The molecule has 262 valence electrons. The Morgan fingerprint density at radius 3 is 1.48 bits per heavy atom. The Labute approximate surface area is 325 Å². The summed E-state index contributed by atoms with van der Waals surface area (Å²) in [4.78, 5) is 14.9. The molecule has 1 aliphatic heterocycles. The Balaban J connectivity index is 1.14. The van der Waals surface area contributed by atoms with E-state index in [2.05, 4.69) is 157 Å². The number of ether oxygens (including phenoxy) is 1. The molecule has 3 heterocycles. The monoisotopic (exact) mass is 715 g/mol. The predicted octanol–water partition coefficient (Wildman–Crippen LogP) is 12.7. The van der Waals surface area contributed by atoms with E-state index >= 15 is 0 Å². The summed E-state index contributed by atoms with van der Waals surface area (Å²) < 4.78 is 6.62. The molecule has 1 spiro atoms. The molecule has 56 heavy (non-hydrogen) atoms. The van der Waals surface area contributed by atoms with Crippen LogP contribution >= 0.6 is 0 Å². The van der Waals surface area contributed by atoms with Gasteiger partial charge in [0, 0.05) is 39.6 Å². The van der Waals surface area contributed by atoms with Gasteiger partial charge in [-0.3, -0.25) is 4.98 Å². The second-order valence-corrected chi connectivity index (χ2v) is 14.4. The summed E-state index contributed by atoms with van der Waals surface area (Å²) in [6.07, 6.45) is 1.84. The number of aromatic nitrogens is 3. The first-order valence-corrected chi connectivity index (χ1v) is 18.9. The average Bonchev–Trinajstić information content (AvgIpc) is 3.56. The van der Waals surface area contributed by atoms with Gasteiger partial charge in [-0.05, 0) is 75.8 Å². The highest BCUT2D eigenvalue weighted by molar-refractivity contribution is 5.92. The highest BCUT2D eigenvalue weighted by Crippen LogP contribution is 2.62. The molecule has 0 amide bonds. The molecule has 1 aliphatic carbocycles. The van der Waals surface area contributed by atoms with Crippen molar-refractivity contribution in [3.05, 3.63) is 223 Å². The first-order chi connectivity index (χ1) is 27.7. The van der Waals surface area contributed by atoms with Crippen LogP contribution in [0, 0.1) is 0 Å². The number of fused-ring (bicyclic) bond motifs is 9. The largest absolute Gasteiger partial charge is 0.457 e. The molecule has 4 nitrogen and oxygen atoms in total. The molecule has 0 N–H and O–H groups in total. The maximum atomic E-state index is 6.62. The van der Waals surface area contributed by atoms with Crippen molar-refractivity contribution in [1.82, 2.24) is 15.0 Å². The molecule has 7 aromatic carbocycles. The van der Waals surface area contributed by atoms with Crippen molar-refractivity contribution in [2.45, 2.75) is 5.41 Å². The van der Waals surface area contributed by atoms with Crippen LogP contribution < -0.4 is 4.74 Å². The second-order valence-electron chi connectivity index (χ2n) is 14.4. The third-order valence-corrected chi connectivity index (χ3v) is 11.2. The lowest BCUT2D eigenvalue weighted by Gasteiger charge is -2.39. The molecule has 0 bridgehead atoms.